The van der Waals surface area contributed by atoms with Crippen LogP contribution in [0.1, 0.15) is 32.3 Å². The molecule has 0 aliphatic rings. The van der Waals surface area contributed by atoms with E-state index in [2.05, 4.69) is 21.2 Å². The molecular formula is C15H20BrNO4. The number of hydrogen-bond donors (Lipinski definition) is 2. The van der Waals surface area contributed by atoms with E-state index < -0.39 is 17.4 Å². The predicted octanol–water partition coefficient (Wildman–Crippen LogP) is 2.90. The molecule has 0 aromatic heterocycles. The normalized spacial score (nSPS) is 13.3. The minimum absolute atomic E-state index is 0.228. The van der Waals surface area contributed by atoms with Gasteiger partial charge in [-0.2, -0.15) is 0 Å². The van der Waals surface area contributed by atoms with Crippen LogP contribution in [0, 0.1) is 6.92 Å². The van der Waals surface area contributed by atoms with E-state index in [4.69, 9.17) is 4.74 Å². The van der Waals surface area contributed by atoms with Gasteiger partial charge in [-0.3, -0.25) is 4.79 Å². The minimum Gasteiger partial charge on any atom is -0.483 e. The number of halogens is 1. The van der Waals surface area contributed by atoms with Crippen molar-refractivity contribution in [2.24, 2.45) is 0 Å². The van der Waals surface area contributed by atoms with Crippen molar-refractivity contribution in [3.8, 4) is 5.75 Å². The smallest absolute Gasteiger partial charge is 0.329 e. The standard InChI is InChI=1S/C15H20BrNO4/c1-4-7-15(3,14(19)20)17-13(18)9-21-12-6-5-10(2)8-11(12)16/h5-6,8H,4,7,9H2,1-3H3,(H,17,18)(H,19,20). The zero-order valence-corrected chi connectivity index (χ0v) is 14.0. The molecule has 2 N–H and O–H groups in total. The summed E-state index contributed by atoms with van der Waals surface area (Å²) in [7, 11) is 0. The molecular weight excluding hydrogens is 338 g/mol. The number of carboxylic acids is 1. The molecule has 0 radical (unpaired) electrons. The molecule has 21 heavy (non-hydrogen) atoms. The number of carbonyl (C=O) groups is 2. The van der Waals surface area contributed by atoms with Gasteiger partial charge in [-0.15, -0.1) is 0 Å². The van der Waals surface area contributed by atoms with Gasteiger partial charge in [-0.25, -0.2) is 4.79 Å². The molecule has 0 saturated carbocycles. The molecule has 0 fully saturated rings. The summed E-state index contributed by atoms with van der Waals surface area (Å²) < 4.78 is 6.16. The van der Waals surface area contributed by atoms with Crippen molar-refractivity contribution in [2.75, 3.05) is 6.61 Å². The van der Waals surface area contributed by atoms with Gasteiger partial charge in [0.1, 0.15) is 11.3 Å². The number of benzene rings is 1. The summed E-state index contributed by atoms with van der Waals surface area (Å²) in [6, 6.07) is 5.51. The van der Waals surface area contributed by atoms with Crippen LogP contribution in [0.2, 0.25) is 0 Å². The number of ether oxygens (including phenoxy) is 1. The first-order valence-corrected chi connectivity index (χ1v) is 7.51. The Labute approximate surface area is 132 Å². The van der Waals surface area contributed by atoms with E-state index in [-0.39, 0.29) is 6.61 Å². The van der Waals surface area contributed by atoms with Crippen LogP contribution in [0.15, 0.2) is 22.7 Å². The van der Waals surface area contributed by atoms with Crippen molar-refractivity contribution < 1.29 is 19.4 Å². The van der Waals surface area contributed by atoms with Gasteiger partial charge in [-0.1, -0.05) is 19.4 Å². The molecule has 1 atom stereocenters. The molecule has 1 amide bonds. The van der Waals surface area contributed by atoms with E-state index in [9.17, 15) is 14.7 Å². The number of hydrogen-bond acceptors (Lipinski definition) is 3. The van der Waals surface area contributed by atoms with E-state index >= 15 is 0 Å². The van der Waals surface area contributed by atoms with Crippen molar-refractivity contribution in [1.29, 1.82) is 0 Å². The Kier molecular flexibility index (Phi) is 6.20. The molecule has 116 valence electrons. The fraction of sp³-hybridized carbons (Fsp3) is 0.467. The zero-order valence-electron chi connectivity index (χ0n) is 12.4. The second kappa shape index (κ2) is 7.45. The van der Waals surface area contributed by atoms with E-state index in [1.54, 1.807) is 6.07 Å². The molecule has 1 aromatic rings. The molecule has 6 heteroatoms. The van der Waals surface area contributed by atoms with E-state index in [1.807, 2.05) is 26.0 Å². The maximum Gasteiger partial charge on any atom is 0.329 e. The molecule has 0 spiro atoms. The van der Waals surface area contributed by atoms with Gasteiger partial charge in [0.05, 0.1) is 4.47 Å². The summed E-state index contributed by atoms with van der Waals surface area (Å²) in [5.74, 6) is -0.960. The van der Waals surface area contributed by atoms with Gasteiger partial charge >= 0.3 is 5.97 Å². The summed E-state index contributed by atoms with van der Waals surface area (Å²) in [6.07, 6.45) is 1.02. The van der Waals surface area contributed by atoms with E-state index in [0.29, 0.717) is 18.6 Å². The van der Waals surface area contributed by atoms with Crippen LogP contribution >= 0.6 is 15.9 Å². The Morgan fingerprint density at radius 1 is 1.43 bits per heavy atom. The van der Waals surface area contributed by atoms with Crippen LogP contribution < -0.4 is 10.1 Å². The lowest BCUT2D eigenvalue weighted by atomic mass is 9.96. The third-order valence-corrected chi connectivity index (χ3v) is 3.70. The largest absolute Gasteiger partial charge is 0.483 e. The first kappa shape index (κ1) is 17.5. The Morgan fingerprint density at radius 2 is 2.10 bits per heavy atom. The third kappa shape index (κ3) is 5.04. The molecule has 0 aliphatic heterocycles. The molecule has 1 aromatic carbocycles. The molecule has 1 unspecified atom stereocenters. The highest BCUT2D eigenvalue weighted by Crippen LogP contribution is 2.25. The molecule has 0 heterocycles. The Bertz CT molecular complexity index is 532. The second-order valence-corrected chi connectivity index (χ2v) is 6.01. The molecule has 0 aliphatic carbocycles. The van der Waals surface area contributed by atoms with Crippen LogP contribution in [0.4, 0.5) is 0 Å². The van der Waals surface area contributed by atoms with Crippen molar-refractivity contribution in [2.45, 2.75) is 39.2 Å². The van der Waals surface area contributed by atoms with Gasteiger partial charge in [0, 0.05) is 0 Å². The van der Waals surface area contributed by atoms with Gasteiger partial charge in [-0.05, 0) is 53.9 Å². The quantitative estimate of drug-likeness (QED) is 0.786. The number of carbonyl (C=O) groups excluding carboxylic acids is 1. The highest BCUT2D eigenvalue weighted by atomic mass is 79.9. The van der Waals surface area contributed by atoms with Gasteiger partial charge in [0.2, 0.25) is 0 Å². The third-order valence-electron chi connectivity index (χ3n) is 3.08. The predicted molar refractivity (Wildman–Crippen MR) is 83.5 cm³/mol. The summed E-state index contributed by atoms with van der Waals surface area (Å²) in [5, 5.41) is 11.7. The van der Waals surface area contributed by atoms with Gasteiger partial charge < -0.3 is 15.2 Å². The van der Waals surface area contributed by atoms with Crippen molar-refractivity contribution in [1.82, 2.24) is 5.32 Å². The summed E-state index contributed by atoms with van der Waals surface area (Å²) >= 11 is 3.36. The summed E-state index contributed by atoms with van der Waals surface area (Å²) in [5.41, 5.74) is -0.195. The summed E-state index contributed by atoms with van der Waals surface area (Å²) in [4.78, 5) is 23.1. The Hall–Kier alpha value is -1.56. The topological polar surface area (TPSA) is 75.6 Å². The van der Waals surface area contributed by atoms with Gasteiger partial charge in [0.25, 0.3) is 5.91 Å². The highest BCUT2D eigenvalue weighted by Gasteiger charge is 2.33. The fourth-order valence-corrected chi connectivity index (χ4v) is 2.54. The van der Waals surface area contributed by atoms with Gasteiger partial charge in [0.15, 0.2) is 6.61 Å². The first-order valence-electron chi connectivity index (χ1n) is 6.72. The Morgan fingerprint density at radius 3 is 2.62 bits per heavy atom. The maximum atomic E-state index is 11.9. The van der Waals surface area contributed by atoms with Crippen LogP contribution in [0.5, 0.6) is 5.75 Å². The van der Waals surface area contributed by atoms with Crippen molar-refractivity contribution in [3.05, 3.63) is 28.2 Å². The lowest BCUT2D eigenvalue weighted by Gasteiger charge is -2.25. The summed E-state index contributed by atoms with van der Waals surface area (Å²) in [6.45, 7) is 5.09. The molecule has 1 rings (SSSR count). The number of rotatable bonds is 7. The fourth-order valence-electron chi connectivity index (χ4n) is 1.93. The second-order valence-electron chi connectivity index (χ2n) is 5.16. The van der Waals surface area contributed by atoms with Crippen molar-refractivity contribution in [3.63, 3.8) is 0 Å². The number of aryl methyl sites for hydroxylation is 1. The average molecular weight is 358 g/mol. The van der Waals surface area contributed by atoms with Crippen molar-refractivity contribution >= 4 is 27.8 Å². The SMILES string of the molecule is CCCC(C)(NC(=O)COc1ccc(C)cc1Br)C(=O)O. The van der Waals surface area contributed by atoms with Crippen LogP contribution in [-0.2, 0) is 9.59 Å². The van der Waals surface area contributed by atoms with E-state index in [1.165, 1.54) is 6.92 Å². The number of amides is 1. The maximum absolute atomic E-state index is 11.9. The lowest BCUT2D eigenvalue weighted by molar-refractivity contribution is -0.147. The number of aliphatic carboxylic acids is 1. The first-order chi connectivity index (χ1) is 9.78. The number of nitrogens with one attached hydrogen (secondary N) is 1. The molecule has 0 bridgehead atoms. The zero-order chi connectivity index (χ0) is 16.0. The van der Waals surface area contributed by atoms with E-state index in [0.717, 1.165) is 10.0 Å². The average Bonchev–Trinajstić information content (AvgIpc) is 2.37. The molecule has 5 nitrogen and oxygen atoms in total. The monoisotopic (exact) mass is 357 g/mol. The Balaban J connectivity index is 2.63. The van der Waals surface area contributed by atoms with Crippen LogP contribution in [-0.4, -0.2) is 29.1 Å². The van der Waals surface area contributed by atoms with Crippen LogP contribution in [0.25, 0.3) is 0 Å². The minimum atomic E-state index is -1.26. The number of carboxylic acid groups (broad SMARTS) is 1. The lowest BCUT2D eigenvalue weighted by Crippen LogP contribution is -2.53. The molecule has 0 saturated heterocycles. The van der Waals surface area contributed by atoms with Crippen LogP contribution in [0.3, 0.4) is 0 Å². The highest BCUT2D eigenvalue weighted by molar-refractivity contribution is 9.10.